The molecular formula is C11H19N3O2. The molecule has 0 saturated carbocycles. The van der Waals surface area contributed by atoms with Crippen molar-refractivity contribution in [2.45, 2.75) is 26.7 Å². The first-order valence-electron chi connectivity index (χ1n) is 5.51. The molecule has 1 aromatic heterocycles. The van der Waals surface area contributed by atoms with Crippen molar-refractivity contribution in [1.82, 2.24) is 9.97 Å². The van der Waals surface area contributed by atoms with Crippen molar-refractivity contribution >= 4 is 5.82 Å². The number of aliphatic hydroxyl groups is 1. The van der Waals surface area contributed by atoms with E-state index in [1.807, 2.05) is 20.9 Å². The van der Waals surface area contributed by atoms with Gasteiger partial charge < -0.3 is 15.2 Å². The third-order valence-corrected chi connectivity index (χ3v) is 2.24. The van der Waals surface area contributed by atoms with E-state index in [-0.39, 0.29) is 6.61 Å². The smallest absolute Gasteiger partial charge is 0.221 e. The molecule has 0 aliphatic rings. The minimum absolute atomic E-state index is 0.129. The van der Waals surface area contributed by atoms with E-state index in [9.17, 15) is 0 Å². The highest BCUT2D eigenvalue weighted by Gasteiger charge is 2.09. The predicted molar refractivity (Wildman–Crippen MR) is 62.9 cm³/mol. The molecule has 0 saturated heterocycles. The number of nitrogens with one attached hydrogen (secondary N) is 1. The van der Waals surface area contributed by atoms with Crippen LogP contribution < -0.4 is 10.1 Å². The van der Waals surface area contributed by atoms with Gasteiger partial charge in [0, 0.05) is 26.5 Å². The molecule has 0 aromatic carbocycles. The van der Waals surface area contributed by atoms with Crippen LogP contribution in [0.3, 0.4) is 0 Å². The van der Waals surface area contributed by atoms with E-state index >= 15 is 0 Å². The summed E-state index contributed by atoms with van der Waals surface area (Å²) in [4.78, 5) is 8.66. The van der Waals surface area contributed by atoms with Gasteiger partial charge in [0.05, 0.1) is 12.2 Å². The Kier molecular flexibility index (Phi) is 4.98. The summed E-state index contributed by atoms with van der Waals surface area (Å²) < 4.78 is 5.51. The fourth-order valence-electron chi connectivity index (χ4n) is 1.32. The van der Waals surface area contributed by atoms with Crippen LogP contribution in [0.25, 0.3) is 0 Å². The Balaban J connectivity index is 2.88. The fourth-order valence-corrected chi connectivity index (χ4v) is 1.32. The maximum absolute atomic E-state index is 8.69. The summed E-state index contributed by atoms with van der Waals surface area (Å²) >= 11 is 0. The zero-order valence-electron chi connectivity index (χ0n) is 10.1. The lowest BCUT2D eigenvalue weighted by Gasteiger charge is -2.12. The lowest BCUT2D eigenvalue weighted by Crippen LogP contribution is -2.08. The van der Waals surface area contributed by atoms with Gasteiger partial charge in [-0.3, -0.25) is 0 Å². The van der Waals surface area contributed by atoms with Gasteiger partial charge in [0.1, 0.15) is 11.6 Å². The highest BCUT2D eigenvalue weighted by atomic mass is 16.5. The second-order valence-corrected chi connectivity index (χ2v) is 3.45. The van der Waals surface area contributed by atoms with E-state index in [0.717, 1.165) is 23.6 Å². The molecule has 5 nitrogen and oxygen atoms in total. The summed E-state index contributed by atoms with van der Waals surface area (Å²) in [6, 6.07) is 0. The summed E-state index contributed by atoms with van der Waals surface area (Å²) in [6.45, 7) is 4.52. The van der Waals surface area contributed by atoms with E-state index in [1.54, 1.807) is 0 Å². The average molecular weight is 225 g/mol. The molecule has 0 amide bonds. The van der Waals surface area contributed by atoms with E-state index in [1.165, 1.54) is 0 Å². The highest BCUT2D eigenvalue weighted by molar-refractivity contribution is 5.48. The van der Waals surface area contributed by atoms with Crippen LogP contribution in [0.2, 0.25) is 0 Å². The fraction of sp³-hybridized carbons (Fsp3) is 0.636. The molecule has 0 aliphatic carbocycles. The van der Waals surface area contributed by atoms with Crippen LogP contribution in [0.1, 0.15) is 24.7 Å². The van der Waals surface area contributed by atoms with Gasteiger partial charge in [-0.15, -0.1) is 0 Å². The molecule has 1 rings (SSSR count). The second-order valence-electron chi connectivity index (χ2n) is 3.45. The first-order valence-corrected chi connectivity index (χ1v) is 5.51. The number of hydrogen-bond acceptors (Lipinski definition) is 5. The molecule has 90 valence electrons. The summed E-state index contributed by atoms with van der Waals surface area (Å²) in [5, 5.41) is 11.7. The van der Waals surface area contributed by atoms with Crippen molar-refractivity contribution in [1.29, 1.82) is 0 Å². The molecule has 0 spiro atoms. The largest absolute Gasteiger partial charge is 0.477 e. The monoisotopic (exact) mass is 225 g/mol. The molecule has 0 atom stereocenters. The lowest BCUT2D eigenvalue weighted by atomic mass is 10.3. The van der Waals surface area contributed by atoms with Gasteiger partial charge in [0.25, 0.3) is 0 Å². The molecule has 0 aliphatic heterocycles. The Morgan fingerprint density at radius 1 is 1.38 bits per heavy atom. The standard InChI is InChI=1S/C11H19N3O2/c1-4-9-13-10(12-3)8(2)11(14-9)16-7-5-6-15/h15H,4-7H2,1-3H3,(H,12,13,14). The quantitative estimate of drug-likeness (QED) is 0.711. The minimum Gasteiger partial charge on any atom is -0.477 e. The molecule has 0 fully saturated rings. The third-order valence-electron chi connectivity index (χ3n) is 2.24. The van der Waals surface area contributed by atoms with Crippen LogP contribution in [0.5, 0.6) is 5.88 Å². The molecule has 16 heavy (non-hydrogen) atoms. The molecule has 2 N–H and O–H groups in total. The van der Waals surface area contributed by atoms with Crippen molar-refractivity contribution < 1.29 is 9.84 Å². The van der Waals surface area contributed by atoms with E-state index in [4.69, 9.17) is 9.84 Å². The van der Waals surface area contributed by atoms with Gasteiger partial charge in [-0.25, -0.2) is 4.98 Å². The summed E-state index contributed by atoms with van der Waals surface area (Å²) in [6.07, 6.45) is 1.38. The first-order chi connectivity index (χ1) is 7.72. The normalized spacial score (nSPS) is 10.2. The molecule has 0 radical (unpaired) electrons. The number of ether oxygens (including phenoxy) is 1. The summed E-state index contributed by atoms with van der Waals surface area (Å²) in [5.41, 5.74) is 0.901. The molecular weight excluding hydrogens is 206 g/mol. The predicted octanol–water partition coefficient (Wildman–Crippen LogP) is 1.15. The van der Waals surface area contributed by atoms with Crippen LogP contribution in [-0.2, 0) is 6.42 Å². The Bertz CT molecular complexity index is 342. The van der Waals surface area contributed by atoms with Crippen LogP contribution in [0.15, 0.2) is 0 Å². The van der Waals surface area contributed by atoms with E-state index in [0.29, 0.717) is 18.9 Å². The third kappa shape index (κ3) is 3.06. The minimum atomic E-state index is 0.129. The number of nitrogens with zero attached hydrogens (tertiary/aromatic N) is 2. The maximum Gasteiger partial charge on any atom is 0.221 e. The number of aliphatic hydroxyl groups excluding tert-OH is 1. The van der Waals surface area contributed by atoms with Gasteiger partial charge in [0.2, 0.25) is 5.88 Å². The molecule has 5 heteroatoms. The zero-order valence-corrected chi connectivity index (χ0v) is 10.1. The van der Waals surface area contributed by atoms with Crippen LogP contribution in [0.4, 0.5) is 5.82 Å². The van der Waals surface area contributed by atoms with Crippen molar-refractivity contribution in [2.24, 2.45) is 0 Å². The van der Waals surface area contributed by atoms with Crippen molar-refractivity contribution in [3.05, 3.63) is 11.4 Å². The Morgan fingerprint density at radius 3 is 2.69 bits per heavy atom. The van der Waals surface area contributed by atoms with E-state index in [2.05, 4.69) is 15.3 Å². The van der Waals surface area contributed by atoms with Crippen molar-refractivity contribution in [3.8, 4) is 5.88 Å². The zero-order chi connectivity index (χ0) is 12.0. The number of aromatic nitrogens is 2. The van der Waals surface area contributed by atoms with Crippen molar-refractivity contribution in [2.75, 3.05) is 25.6 Å². The Labute approximate surface area is 95.9 Å². The number of aryl methyl sites for hydroxylation is 1. The highest BCUT2D eigenvalue weighted by Crippen LogP contribution is 2.21. The van der Waals surface area contributed by atoms with Gasteiger partial charge in [-0.2, -0.15) is 4.98 Å². The topological polar surface area (TPSA) is 67.3 Å². The van der Waals surface area contributed by atoms with E-state index < -0.39 is 0 Å². The van der Waals surface area contributed by atoms with Crippen LogP contribution in [0, 0.1) is 6.92 Å². The van der Waals surface area contributed by atoms with Gasteiger partial charge in [-0.1, -0.05) is 6.92 Å². The molecule has 1 aromatic rings. The van der Waals surface area contributed by atoms with Crippen molar-refractivity contribution in [3.63, 3.8) is 0 Å². The number of hydrogen-bond donors (Lipinski definition) is 2. The second kappa shape index (κ2) is 6.27. The first kappa shape index (κ1) is 12.7. The molecule has 0 bridgehead atoms. The van der Waals surface area contributed by atoms with Gasteiger partial charge >= 0.3 is 0 Å². The Morgan fingerprint density at radius 2 is 2.12 bits per heavy atom. The summed E-state index contributed by atoms with van der Waals surface area (Å²) in [7, 11) is 1.83. The molecule has 0 unspecified atom stereocenters. The maximum atomic E-state index is 8.69. The number of rotatable bonds is 6. The van der Waals surface area contributed by atoms with Gasteiger partial charge in [-0.05, 0) is 6.92 Å². The van der Waals surface area contributed by atoms with Crippen LogP contribution in [-0.4, -0.2) is 35.3 Å². The average Bonchev–Trinajstić information content (AvgIpc) is 2.31. The van der Waals surface area contributed by atoms with Crippen LogP contribution >= 0.6 is 0 Å². The summed E-state index contributed by atoms with van der Waals surface area (Å²) in [5.74, 6) is 2.16. The van der Waals surface area contributed by atoms with Gasteiger partial charge in [0.15, 0.2) is 0 Å². The lowest BCUT2D eigenvalue weighted by molar-refractivity contribution is 0.228. The SMILES string of the molecule is CCc1nc(NC)c(C)c(OCCCO)n1. The number of anilines is 1. The molecule has 1 heterocycles. The Hall–Kier alpha value is -1.36.